The lowest BCUT2D eigenvalue weighted by atomic mass is 10.0. The molecule has 0 fully saturated rings. The standard InChI is InChI=1S/C16H23BrO3S/c1-13(2)21(19,20)11-5-3-4-6-16(18)12-14-7-9-15(17)10-8-14/h7-10,13H,3-6,11-12H2,1-2H3. The van der Waals surface area contributed by atoms with E-state index in [9.17, 15) is 13.2 Å². The van der Waals surface area contributed by atoms with Gasteiger partial charge in [0.25, 0.3) is 0 Å². The van der Waals surface area contributed by atoms with Crippen LogP contribution in [0, 0.1) is 0 Å². The van der Waals surface area contributed by atoms with E-state index in [0.717, 1.165) is 22.9 Å². The number of Topliss-reactive ketones (excluding diaryl/α,β-unsaturated/α-hetero) is 1. The summed E-state index contributed by atoms with van der Waals surface area (Å²) in [4.78, 5) is 11.8. The van der Waals surface area contributed by atoms with Crippen molar-refractivity contribution in [3.05, 3.63) is 34.3 Å². The van der Waals surface area contributed by atoms with Crippen LogP contribution in [0.15, 0.2) is 28.7 Å². The number of carbonyl (C=O) groups is 1. The number of hydrogen-bond donors (Lipinski definition) is 0. The average Bonchev–Trinajstić information content (AvgIpc) is 2.40. The molecule has 1 rings (SSSR count). The molecule has 0 aromatic heterocycles. The molecule has 3 nitrogen and oxygen atoms in total. The molecule has 0 saturated carbocycles. The number of unbranched alkanes of at least 4 members (excludes halogenated alkanes) is 2. The van der Waals surface area contributed by atoms with E-state index in [1.165, 1.54) is 0 Å². The maximum absolute atomic E-state index is 11.8. The van der Waals surface area contributed by atoms with Gasteiger partial charge in [0.15, 0.2) is 9.84 Å². The number of carbonyl (C=O) groups excluding carboxylic acids is 1. The Balaban J connectivity index is 2.21. The van der Waals surface area contributed by atoms with Crippen LogP contribution in [0.2, 0.25) is 0 Å². The summed E-state index contributed by atoms with van der Waals surface area (Å²) < 4.78 is 24.3. The average molecular weight is 375 g/mol. The van der Waals surface area contributed by atoms with Crippen LogP contribution in [0.25, 0.3) is 0 Å². The zero-order valence-electron chi connectivity index (χ0n) is 12.6. The molecule has 0 radical (unpaired) electrons. The van der Waals surface area contributed by atoms with Crippen LogP contribution in [0.3, 0.4) is 0 Å². The Hall–Kier alpha value is -0.680. The first-order chi connectivity index (χ1) is 9.81. The van der Waals surface area contributed by atoms with E-state index in [-0.39, 0.29) is 16.8 Å². The van der Waals surface area contributed by atoms with Crippen molar-refractivity contribution in [2.45, 2.75) is 51.2 Å². The number of halogens is 1. The predicted octanol–water partition coefficient (Wildman–Crippen LogP) is 3.94. The molecule has 0 aliphatic carbocycles. The van der Waals surface area contributed by atoms with E-state index in [1.807, 2.05) is 24.3 Å². The Morgan fingerprint density at radius 1 is 1.10 bits per heavy atom. The molecule has 1 aromatic rings. The molecular weight excluding hydrogens is 352 g/mol. The van der Waals surface area contributed by atoms with Crippen molar-refractivity contribution in [1.29, 1.82) is 0 Å². The minimum absolute atomic E-state index is 0.212. The van der Waals surface area contributed by atoms with Crippen molar-refractivity contribution in [3.8, 4) is 0 Å². The minimum Gasteiger partial charge on any atom is -0.299 e. The topological polar surface area (TPSA) is 51.2 Å². The van der Waals surface area contributed by atoms with Gasteiger partial charge in [-0.15, -0.1) is 0 Å². The van der Waals surface area contributed by atoms with Gasteiger partial charge in [0.2, 0.25) is 0 Å². The summed E-state index contributed by atoms with van der Waals surface area (Å²) in [7, 11) is -2.94. The Morgan fingerprint density at radius 3 is 2.29 bits per heavy atom. The van der Waals surface area contributed by atoms with E-state index in [2.05, 4.69) is 15.9 Å². The monoisotopic (exact) mass is 374 g/mol. The van der Waals surface area contributed by atoms with Crippen molar-refractivity contribution in [2.24, 2.45) is 0 Å². The molecule has 0 atom stereocenters. The molecule has 1 aromatic carbocycles. The molecule has 21 heavy (non-hydrogen) atoms. The van der Waals surface area contributed by atoms with Gasteiger partial charge >= 0.3 is 0 Å². The Morgan fingerprint density at radius 2 is 1.71 bits per heavy atom. The summed E-state index contributed by atoms with van der Waals surface area (Å²) in [6, 6.07) is 7.74. The van der Waals surface area contributed by atoms with Crippen molar-refractivity contribution < 1.29 is 13.2 Å². The molecule has 0 unspecified atom stereocenters. The third-order valence-electron chi connectivity index (χ3n) is 3.42. The highest BCUT2D eigenvalue weighted by Crippen LogP contribution is 2.13. The first-order valence-corrected chi connectivity index (χ1v) is 9.80. The fraction of sp³-hybridized carbons (Fsp3) is 0.562. The second kappa shape index (κ2) is 8.69. The Kier molecular flexibility index (Phi) is 7.60. The molecule has 0 spiro atoms. The highest BCUT2D eigenvalue weighted by Gasteiger charge is 2.15. The molecule has 0 bridgehead atoms. The van der Waals surface area contributed by atoms with Crippen LogP contribution in [-0.4, -0.2) is 25.2 Å². The van der Waals surface area contributed by atoms with Crippen LogP contribution in [0.4, 0.5) is 0 Å². The number of benzene rings is 1. The van der Waals surface area contributed by atoms with Gasteiger partial charge in [-0.2, -0.15) is 0 Å². The molecule has 0 amide bonds. The minimum atomic E-state index is -2.94. The Bertz CT molecular complexity index is 547. The number of sulfone groups is 1. The Labute approximate surface area is 136 Å². The molecule has 0 N–H and O–H groups in total. The lowest BCUT2D eigenvalue weighted by Gasteiger charge is -2.07. The number of hydrogen-bond acceptors (Lipinski definition) is 3. The van der Waals surface area contributed by atoms with Crippen LogP contribution in [0.5, 0.6) is 0 Å². The number of ketones is 1. The van der Waals surface area contributed by atoms with Crippen molar-refractivity contribution in [2.75, 3.05) is 5.75 Å². The summed E-state index contributed by atoms with van der Waals surface area (Å²) >= 11 is 3.36. The summed E-state index contributed by atoms with van der Waals surface area (Å²) in [5, 5.41) is -0.309. The van der Waals surface area contributed by atoms with Crippen LogP contribution >= 0.6 is 15.9 Å². The SMILES string of the molecule is CC(C)S(=O)(=O)CCCCCC(=O)Cc1ccc(Br)cc1. The smallest absolute Gasteiger partial charge is 0.152 e. The van der Waals surface area contributed by atoms with Gasteiger partial charge in [-0.25, -0.2) is 8.42 Å². The van der Waals surface area contributed by atoms with Gasteiger partial charge in [-0.05, 0) is 44.4 Å². The van der Waals surface area contributed by atoms with Crippen LogP contribution in [0.1, 0.15) is 45.1 Å². The van der Waals surface area contributed by atoms with Gasteiger partial charge in [0.05, 0.1) is 11.0 Å². The molecule has 0 saturated heterocycles. The summed E-state index contributed by atoms with van der Waals surface area (Å²) in [5.41, 5.74) is 1.02. The fourth-order valence-electron chi connectivity index (χ4n) is 1.96. The van der Waals surface area contributed by atoms with Gasteiger partial charge in [-0.3, -0.25) is 4.79 Å². The summed E-state index contributed by atoms with van der Waals surface area (Å²) in [5.74, 6) is 0.440. The van der Waals surface area contributed by atoms with Gasteiger partial charge in [0.1, 0.15) is 5.78 Å². The van der Waals surface area contributed by atoms with Crippen LogP contribution < -0.4 is 0 Å². The van der Waals surface area contributed by atoms with Crippen molar-refractivity contribution >= 4 is 31.6 Å². The highest BCUT2D eigenvalue weighted by molar-refractivity contribution is 9.10. The van der Waals surface area contributed by atoms with Crippen molar-refractivity contribution in [3.63, 3.8) is 0 Å². The molecule has 118 valence electrons. The maximum atomic E-state index is 11.8. The third kappa shape index (κ3) is 7.23. The van der Waals surface area contributed by atoms with Gasteiger partial charge in [-0.1, -0.05) is 34.5 Å². The molecule has 0 aliphatic rings. The lowest BCUT2D eigenvalue weighted by Crippen LogP contribution is -2.17. The van der Waals surface area contributed by atoms with E-state index in [0.29, 0.717) is 19.3 Å². The maximum Gasteiger partial charge on any atom is 0.152 e. The van der Waals surface area contributed by atoms with Gasteiger partial charge < -0.3 is 0 Å². The first kappa shape index (κ1) is 18.4. The zero-order valence-corrected chi connectivity index (χ0v) is 15.0. The zero-order chi connectivity index (χ0) is 15.9. The molecule has 0 aliphatic heterocycles. The molecule has 0 heterocycles. The summed E-state index contributed by atoms with van der Waals surface area (Å²) in [6.07, 6.45) is 3.18. The predicted molar refractivity (Wildman–Crippen MR) is 90.2 cm³/mol. The molecule has 5 heteroatoms. The van der Waals surface area contributed by atoms with Crippen molar-refractivity contribution in [1.82, 2.24) is 0 Å². The lowest BCUT2D eigenvalue weighted by molar-refractivity contribution is -0.118. The van der Waals surface area contributed by atoms with E-state index < -0.39 is 9.84 Å². The van der Waals surface area contributed by atoms with E-state index >= 15 is 0 Å². The first-order valence-electron chi connectivity index (χ1n) is 7.29. The largest absolute Gasteiger partial charge is 0.299 e. The third-order valence-corrected chi connectivity index (χ3v) is 6.24. The second-order valence-corrected chi connectivity index (χ2v) is 9.16. The molecular formula is C16H23BrO3S. The van der Waals surface area contributed by atoms with Gasteiger partial charge in [0, 0.05) is 17.3 Å². The van der Waals surface area contributed by atoms with Crippen LogP contribution in [-0.2, 0) is 21.1 Å². The fourth-order valence-corrected chi connectivity index (χ4v) is 3.30. The second-order valence-electron chi connectivity index (χ2n) is 5.57. The summed E-state index contributed by atoms with van der Waals surface area (Å²) in [6.45, 7) is 3.41. The van der Waals surface area contributed by atoms with E-state index in [1.54, 1.807) is 13.8 Å². The highest BCUT2D eigenvalue weighted by atomic mass is 79.9. The number of rotatable bonds is 9. The van der Waals surface area contributed by atoms with E-state index in [4.69, 9.17) is 0 Å². The normalized spacial score (nSPS) is 11.8. The quantitative estimate of drug-likeness (QED) is 0.615.